The minimum Gasteiger partial charge on any atom is -0.495 e. The average molecular weight is 484 g/mol. The van der Waals surface area contributed by atoms with Crippen LogP contribution >= 0.6 is 11.8 Å². The van der Waals surface area contributed by atoms with E-state index >= 15 is 0 Å². The Kier molecular flexibility index (Phi) is 7.84. The van der Waals surface area contributed by atoms with Gasteiger partial charge in [0.25, 0.3) is 0 Å². The fourth-order valence-corrected chi connectivity index (χ4v) is 4.90. The number of nitrogens with one attached hydrogen (secondary N) is 1. The number of hydrogen-bond acceptors (Lipinski definition) is 6. The molecule has 1 aliphatic heterocycles. The summed E-state index contributed by atoms with van der Waals surface area (Å²) in [5, 5.41) is 12.0. The van der Waals surface area contributed by atoms with Gasteiger partial charge in [0.05, 0.1) is 24.6 Å². The monoisotopic (exact) mass is 483 g/mol. The summed E-state index contributed by atoms with van der Waals surface area (Å²) in [4.78, 5) is 15.4. The number of rotatable bonds is 8. The highest BCUT2D eigenvalue weighted by Gasteiger charge is 2.23. The Labute approximate surface area is 203 Å². The van der Waals surface area contributed by atoms with Crippen LogP contribution in [0.1, 0.15) is 37.6 Å². The molecule has 1 fully saturated rings. The van der Waals surface area contributed by atoms with Crippen LogP contribution in [-0.2, 0) is 11.3 Å². The summed E-state index contributed by atoms with van der Waals surface area (Å²) >= 11 is 1.32. The van der Waals surface area contributed by atoms with Crippen LogP contribution in [0.15, 0.2) is 47.6 Å². The molecule has 1 amide bonds. The highest BCUT2D eigenvalue weighted by atomic mass is 32.2. The second kappa shape index (κ2) is 11.0. The van der Waals surface area contributed by atoms with Crippen molar-refractivity contribution in [1.82, 2.24) is 19.7 Å². The first-order chi connectivity index (χ1) is 16.4. The molecule has 1 aromatic heterocycles. The highest BCUT2D eigenvalue weighted by molar-refractivity contribution is 8.00. The summed E-state index contributed by atoms with van der Waals surface area (Å²) in [5.74, 6) is 0.919. The van der Waals surface area contributed by atoms with Crippen molar-refractivity contribution in [1.29, 1.82) is 0 Å². The predicted molar refractivity (Wildman–Crippen MR) is 132 cm³/mol. The van der Waals surface area contributed by atoms with Gasteiger partial charge in [0.15, 0.2) is 11.0 Å². The van der Waals surface area contributed by atoms with Gasteiger partial charge >= 0.3 is 0 Å². The number of carbonyl (C=O) groups is 1. The Morgan fingerprint density at radius 3 is 2.59 bits per heavy atom. The molecule has 1 N–H and O–H groups in total. The first-order valence-corrected chi connectivity index (χ1v) is 12.4. The lowest BCUT2D eigenvalue weighted by Gasteiger charge is -2.26. The number of amides is 1. The molecule has 4 rings (SSSR count). The fraction of sp³-hybridized carbons (Fsp3) is 0.400. The standard InChI is InChI=1S/C25H30FN5O2S/c1-17-7-12-22(33-3)21(15-17)27-24(32)18(2)34-25-29-28-23(16-30-13-5-4-6-14-30)31(25)20-10-8-19(26)9-11-20/h7-12,15,18H,4-6,13-14,16H2,1-3H3,(H,27,32). The van der Waals surface area contributed by atoms with Gasteiger partial charge in [-0.05, 0) is 81.7 Å². The fourth-order valence-electron chi connectivity index (χ4n) is 4.01. The summed E-state index contributed by atoms with van der Waals surface area (Å²) in [6.45, 7) is 6.50. The number of carbonyl (C=O) groups excluding carboxylic acids is 1. The summed E-state index contributed by atoms with van der Waals surface area (Å²) in [7, 11) is 1.58. The minimum atomic E-state index is -0.448. The molecule has 3 aromatic rings. The Morgan fingerprint density at radius 1 is 1.15 bits per heavy atom. The van der Waals surface area contributed by atoms with Gasteiger partial charge < -0.3 is 10.1 Å². The molecule has 2 aromatic carbocycles. The van der Waals surface area contributed by atoms with Crippen LogP contribution in [0.5, 0.6) is 5.75 Å². The van der Waals surface area contributed by atoms with Crippen LogP contribution in [0.3, 0.4) is 0 Å². The number of halogens is 1. The van der Waals surface area contributed by atoms with Crippen molar-refractivity contribution in [2.75, 3.05) is 25.5 Å². The third-order valence-corrected chi connectivity index (χ3v) is 6.91. The average Bonchev–Trinajstić information content (AvgIpc) is 3.22. The van der Waals surface area contributed by atoms with E-state index in [9.17, 15) is 9.18 Å². The maximum Gasteiger partial charge on any atom is 0.237 e. The zero-order valence-electron chi connectivity index (χ0n) is 19.8. The molecule has 7 nitrogen and oxygen atoms in total. The number of benzene rings is 2. The van der Waals surface area contributed by atoms with Gasteiger partial charge in [-0.2, -0.15) is 0 Å². The zero-order valence-corrected chi connectivity index (χ0v) is 20.6. The van der Waals surface area contributed by atoms with Gasteiger partial charge in [-0.25, -0.2) is 4.39 Å². The number of likely N-dealkylation sites (tertiary alicyclic amines) is 1. The van der Waals surface area contributed by atoms with Gasteiger partial charge in [-0.1, -0.05) is 24.2 Å². The van der Waals surface area contributed by atoms with Crippen molar-refractivity contribution in [2.24, 2.45) is 0 Å². The van der Waals surface area contributed by atoms with Gasteiger partial charge in [0.2, 0.25) is 5.91 Å². The molecule has 1 saturated heterocycles. The molecule has 0 bridgehead atoms. The lowest BCUT2D eigenvalue weighted by Crippen LogP contribution is -2.30. The molecule has 1 aliphatic rings. The van der Waals surface area contributed by atoms with Crippen LogP contribution < -0.4 is 10.1 Å². The summed E-state index contributed by atoms with van der Waals surface area (Å²) in [5.41, 5.74) is 2.43. The summed E-state index contributed by atoms with van der Waals surface area (Å²) in [6, 6.07) is 11.9. The quantitative estimate of drug-likeness (QED) is 0.463. The molecule has 180 valence electrons. The number of anilines is 1. The number of hydrogen-bond donors (Lipinski definition) is 1. The van der Waals surface area contributed by atoms with E-state index in [4.69, 9.17) is 4.74 Å². The van der Waals surface area contributed by atoms with Crippen molar-refractivity contribution in [3.05, 3.63) is 59.7 Å². The maximum absolute atomic E-state index is 13.6. The summed E-state index contributed by atoms with van der Waals surface area (Å²) in [6.07, 6.45) is 3.60. The first kappa shape index (κ1) is 24.2. The smallest absolute Gasteiger partial charge is 0.237 e. The van der Waals surface area contributed by atoms with Gasteiger partial charge in [-0.3, -0.25) is 14.3 Å². The molecule has 34 heavy (non-hydrogen) atoms. The Hall–Kier alpha value is -2.91. The van der Waals surface area contributed by atoms with Gasteiger partial charge in [0.1, 0.15) is 11.6 Å². The normalized spacial score (nSPS) is 15.2. The van der Waals surface area contributed by atoms with Crippen LogP contribution in [0.25, 0.3) is 5.69 Å². The number of piperidine rings is 1. The zero-order chi connectivity index (χ0) is 24.1. The number of aryl methyl sites for hydroxylation is 1. The van der Waals surface area contributed by atoms with E-state index in [1.54, 1.807) is 19.2 Å². The van der Waals surface area contributed by atoms with Crippen molar-refractivity contribution < 1.29 is 13.9 Å². The van der Waals surface area contributed by atoms with Crippen LogP contribution in [0.4, 0.5) is 10.1 Å². The number of methoxy groups -OCH3 is 1. The number of ether oxygens (including phenoxy) is 1. The van der Waals surface area contributed by atoms with E-state index in [0.717, 1.165) is 30.2 Å². The minimum absolute atomic E-state index is 0.167. The molecule has 0 spiro atoms. The Morgan fingerprint density at radius 2 is 1.88 bits per heavy atom. The van der Waals surface area contributed by atoms with E-state index in [0.29, 0.717) is 23.1 Å². The second-order valence-corrected chi connectivity index (χ2v) is 9.81. The Balaban J connectivity index is 1.56. The maximum atomic E-state index is 13.6. The largest absolute Gasteiger partial charge is 0.495 e. The van der Waals surface area contributed by atoms with Gasteiger partial charge in [0, 0.05) is 5.69 Å². The van der Waals surface area contributed by atoms with E-state index in [-0.39, 0.29) is 11.7 Å². The predicted octanol–water partition coefficient (Wildman–Crippen LogP) is 4.83. The van der Waals surface area contributed by atoms with Crippen molar-refractivity contribution in [3.8, 4) is 11.4 Å². The van der Waals surface area contributed by atoms with Crippen molar-refractivity contribution in [2.45, 2.75) is 50.1 Å². The lowest BCUT2D eigenvalue weighted by atomic mass is 10.1. The molecule has 0 saturated carbocycles. The van der Waals surface area contributed by atoms with Gasteiger partial charge in [-0.15, -0.1) is 10.2 Å². The lowest BCUT2D eigenvalue weighted by molar-refractivity contribution is -0.115. The van der Waals surface area contributed by atoms with Crippen LogP contribution in [0, 0.1) is 12.7 Å². The molecular weight excluding hydrogens is 453 g/mol. The van der Waals surface area contributed by atoms with Crippen LogP contribution in [-0.4, -0.2) is 51.0 Å². The molecule has 0 radical (unpaired) electrons. The third kappa shape index (κ3) is 5.77. The van der Waals surface area contributed by atoms with E-state index < -0.39 is 5.25 Å². The summed E-state index contributed by atoms with van der Waals surface area (Å²) < 4.78 is 20.9. The first-order valence-electron chi connectivity index (χ1n) is 11.5. The second-order valence-electron chi connectivity index (χ2n) is 8.50. The molecular formula is C25H30FN5O2S. The molecule has 1 unspecified atom stereocenters. The molecule has 1 atom stereocenters. The molecule has 9 heteroatoms. The topological polar surface area (TPSA) is 72.3 Å². The van der Waals surface area contributed by atoms with E-state index in [2.05, 4.69) is 20.4 Å². The highest BCUT2D eigenvalue weighted by Crippen LogP contribution is 2.30. The van der Waals surface area contributed by atoms with Crippen molar-refractivity contribution in [3.63, 3.8) is 0 Å². The Bertz CT molecular complexity index is 1130. The van der Waals surface area contributed by atoms with Crippen LogP contribution in [0.2, 0.25) is 0 Å². The van der Waals surface area contributed by atoms with Crippen molar-refractivity contribution >= 4 is 23.4 Å². The number of aromatic nitrogens is 3. The molecule has 0 aliphatic carbocycles. The third-order valence-electron chi connectivity index (χ3n) is 5.86. The number of nitrogens with zero attached hydrogens (tertiary/aromatic N) is 4. The molecule has 2 heterocycles. The SMILES string of the molecule is COc1ccc(C)cc1NC(=O)C(C)Sc1nnc(CN2CCCCC2)n1-c1ccc(F)cc1. The van der Waals surface area contributed by atoms with E-state index in [1.807, 2.05) is 36.6 Å². The number of thioether (sulfide) groups is 1. The van der Waals surface area contributed by atoms with E-state index in [1.165, 1.54) is 43.2 Å².